The minimum absolute atomic E-state index is 0.00225. The van der Waals surface area contributed by atoms with Gasteiger partial charge in [0, 0.05) is 6.20 Å². The number of pyridine rings is 1. The van der Waals surface area contributed by atoms with Gasteiger partial charge in [-0.05, 0) is 12.5 Å². The van der Waals surface area contributed by atoms with Crippen LogP contribution in [0, 0.1) is 0 Å². The molecule has 0 aliphatic carbocycles. The van der Waals surface area contributed by atoms with E-state index in [2.05, 4.69) is 10.3 Å². The fourth-order valence-corrected chi connectivity index (χ4v) is 2.45. The molecule has 5 nitrogen and oxygen atoms in total. The van der Waals surface area contributed by atoms with E-state index in [4.69, 9.17) is 39.5 Å². The summed E-state index contributed by atoms with van der Waals surface area (Å²) in [5.41, 5.74) is 0.737. The molecule has 8 heteroatoms. The van der Waals surface area contributed by atoms with Crippen LogP contribution in [0.25, 0.3) is 0 Å². The van der Waals surface area contributed by atoms with E-state index >= 15 is 0 Å². The van der Waals surface area contributed by atoms with Gasteiger partial charge in [0.25, 0.3) is 5.91 Å². The molecule has 1 aromatic carbocycles. The van der Waals surface area contributed by atoms with Crippen molar-refractivity contribution >= 4 is 46.7 Å². The molecule has 1 amide bonds. The van der Waals surface area contributed by atoms with Crippen LogP contribution in [0.4, 0.5) is 0 Å². The Morgan fingerprint density at radius 3 is 2.50 bits per heavy atom. The Balaban J connectivity index is 1.92. The highest BCUT2D eigenvalue weighted by Gasteiger charge is 2.19. The van der Waals surface area contributed by atoms with Gasteiger partial charge in [0.05, 0.1) is 21.1 Å². The number of carbonyl (C=O) groups excluding carboxylic acids is 2. The Bertz CT molecular complexity index is 754. The van der Waals surface area contributed by atoms with Gasteiger partial charge in [0.1, 0.15) is 0 Å². The van der Waals surface area contributed by atoms with Crippen molar-refractivity contribution in [2.75, 3.05) is 6.61 Å². The Labute approximate surface area is 153 Å². The predicted molar refractivity (Wildman–Crippen MR) is 92.5 cm³/mol. The van der Waals surface area contributed by atoms with Crippen molar-refractivity contribution < 1.29 is 14.3 Å². The summed E-state index contributed by atoms with van der Waals surface area (Å²) in [6.07, 6.45) is 1.18. The zero-order valence-corrected chi connectivity index (χ0v) is 14.8. The van der Waals surface area contributed by atoms with Crippen LogP contribution in [0.2, 0.25) is 15.1 Å². The van der Waals surface area contributed by atoms with Crippen LogP contribution in [-0.4, -0.2) is 23.5 Å². The van der Waals surface area contributed by atoms with E-state index in [1.807, 2.05) is 37.3 Å². The number of rotatable bonds is 5. The highest BCUT2D eigenvalue weighted by molar-refractivity contribution is 6.48. The smallest absolute Gasteiger partial charge is 0.359 e. The molecule has 126 valence electrons. The molecule has 0 aliphatic heterocycles. The molecule has 0 bridgehead atoms. The number of hydrogen-bond donors (Lipinski definition) is 1. The van der Waals surface area contributed by atoms with Crippen molar-refractivity contribution in [3.63, 3.8) is 0 Å². The zero-order chi connectivity index (χ0) is 17.7. The first kappa shape index (κ1) is 18.5. The lowest BCUT2D eigenvalue weighted by atomic mass is 10.1. The van der Waals surface area contributed by atoms with Gasteiger partial charge < -0.3 is 10.1 Å². The second kappa shape index (κ2) is 8.33. The van der Waals surface area contributed by atoms with Gasteiger partial charge in [-0.3, -0.25) is 4.79 Å². The van der Waals surface area contributed by atoms with Crippen LogP contribution in [-0.2, 0) is 9.53 Å². The molecule has 2 aromatic rings. The average Bonchev–Trinajstić information content (AvgIpc) is 2.58. The van der Waals surface area contributed by atoms with E-state index in [0.717, 1.165) is 5.56 Å². The minimum atomic E-state index is -0.860. The quantitative estimate of drug-likeness (QED) is 0.785. The van der Waals surface area contributed by atoms with Gasteiger partial charge in [-0.2, -0.15) is 0 Å². The number of amides is 1. The lowest BCUT2D eigenvalue weighted by Gasteiger charge is -2.14. The Hall–Kier alpha value is -1.82. The second-order valence-electron chi connectivity index (χ2n) is 4.86. The van der Waals surface area contributed by atoms with Crippen molar-refractivity contribution in [1.82, 2.24) is 10.3 Å². The second-order valence-corrected chi connectivity index (χ2v) is 6.02. The van der Waals surface area contributed by atoms with E-state index < -0.39 is 18.5 Å². The Morgan fingerprint density at radius 1 is 1.17 bits per heavy atom. The highest BCUT2D eigenvalue weighted by atomic mass is 35.5. The largest absolute Gasteiger partial charge is 0.451 e. The number of carbonyl (C=O) groups is 2. The molecule has 2 rings (SSSR count). The van der Waals surface area contributed by atoms with Crippen LogP contribution in [0.3, 0.4) is 0 Å². The summed E-state index contributed by atoms with van der Waals surface area (Å²) in [5.74, 6) is -1.31. The molecular weight excluding hydrogens is 375 g/mol. The molecule has 0 fully saturated rings. The molecule has 24 heavy (non-hydrogen) atoms. The van der Waals surface area contributed by atoms with Crippen LogP contribution in [0.5, 0.6) is 0 Å². The number of esters is 1. The fourth-order valence-electron chi connectivity index (χ4n) is 1.89. The highest BCUT2D eigenvalue weighted by Crippen LogP contribution is 2.31. The first-order chi connectivity index (χ1) is 11.4. The maximum atomic E-state index is 11.9. The molecular formula is C16H13Cl3N2O3. The number of nitrogens with one attached hydrogen (secondary N) is 1. The van der Waals surface area contributed by atoms with E-state index in [9.17, 15) is 9.59 Å². The number of hydrogen-bond acceptors (Lipinski definition) is 4. The van der Waals surface area contributed by atoms with Crippen LogP contribution >= 0.6 is 34.8 Å². The maximum absolute atomic E-state index is 11.9. The van der Waals surface area contributed by atoms with Gasteiger partial charge >= 0.3 is 5.97 Å². The summed E-state index contributed by atoms with van der Waals surface area (Å²) in [4.78, 5) is 27.6. The predicted octanol–water partition coefficient (Wildman–Crippen LogP) is 4.08. The fraction of sp³-hybridized carbons (Fsp3) is 0.188. The summed E-state index contributed by atoms with van der Waals surface area (Å²) in [6, 6.07) is 9.18. The average molecular weight is 388 g/mol. The van der Waals surface area contributed by atoms with E-state index in [-0.39, 0.29) is 26.8 Å². The molecule has 1 aromatic heterocycles. The van der Waals surface area contributed by atoms with E-state index in [1.165, 1.54) is 6.20 Å². The molecule has 0 radical (unpaired) electrons. The third-order valence-electron chi connectivity index (χ3n) is 3.12. The van der Waals surface area contributed by atoms with E-state index in [1.54, 1.807) is 0 Å². The summed E-state index contributed by atoms with van der Waals surface area (Å²) >= 11 is 17.5. The molecule has 1 heterocycles. The molecule has 1 atom stereocenters. The summed E-state index contributed by atoms with van der Waals surface area (Å²) in [7, 11) is 0. The number of benzene rings is 1. The summed E-state index contributed by atoms with van der Waals surface area (Å²) < 4.78 is 4.90. The molecule has 1 unspecified atom stereocenters. The molecule has 1 N–H and O–H groups in total. The maximum Gasteiger partial charge on any atom is 0.359 e. The SMILES string of the molecule is CC(NC(=O)COC(=O)c1ncc(Cl)c(Cl)c1Cl)c1ccccc1. The lowest BCUT2D eigenvalue weighted by molar-refractivity contribution is -0.124. The van der Waals surface area contributed by atoms with Crippen molar-refractivity contribution in [3.05, 3.63) is 62.9 Å². The summed E-state index contributed by atoms with van der Waals surface area (Å²) in [5, 5.41) is 2.72. The number of ether oxygens (including phenoxy) is 1. The van der Waals surface area contributed by atoms with Gasteiger partial charge in [0.2, 0.25) is 0 Å². The molecule has 0 saturated carbocycles. The summed E-state index contributed by atoms with van der Waals surface area (Å²) in [6.45, 7) is 1.36. The van der Waals surface area contributed by atoms with Gasteiger partial charge in [0.15, 0.2) is 12.3 Å². The zero-order valence-electron chi connectivity index (χ0n) is 12.6. The lowest BCUT2D eigenvalue weighted by Crippen LogP contribution is -2.31. The normalized spacial score (nSPS) is 11.7. The molecule has 0 spiro atoms. The standard InChI is InChI=1S/C16H13Cl3N2O3/c1-9(10-5-3-2-4-6-10)21-12(22)8-24-16(23)15-14(19)13(18)11(17)7-20-15/h2-7,9H,8H2,1H3,(H,21,22). The first-order valence-corrected chi connectivity index (χ1v) is 8.04. The van der Waals surface area contributed by atoms with Gasteiger partial charge in [-0.25, -0.2) is 9.78 Å². The first-order valence-electron chi connectivity index (χ1n) is 6.91. The topological polar surface area (TPSA) is 68.3 Å². The van der Waals surface area contributed by atoms with Crippen LogP contribution in [0.1, 0.15) is 29.0 Å². The van der Waals surface area contributed by atoms with Crippen molar-refractivity contribution in [2.24, 2.45) is 0 Å². The van der Waals surface area contributed by atoms with Crippen LogP contribution in [0.15, 0.2) is 36.5 Å². The Morgan fingerprint density at radius 2 is 1.83 bits per heavy atom. The van der Waals surface area contributed by atoms with E-state index in [0.29, 0.717) is 0 Å². The monoisotopic (exact) mass is 386 g/mol. The van der Waals surface area contributed by atoms with Crippen molar-refractivity contribution in [2.45, 2.75) is 13.0 Å². The number of halogens is 3. The van der Waals surface area contributed by atoms with Gasteiger partial charge in [-0.15, -0.1) is 0 Å². The third-order valence-corrected chi connectivity index (χ3v) is 4.36. The minimum Gasteiger partial charge on any atom is -0.451 e. The van der Waals surface area contributed by atoms with Crippen LogP contribution < -0.4 is 5.32 Å². The third kappa shape index (κ3) is 4.60. The van der Waals surface area contributed by atoms with Gasteiger partial charge in [-0.1, -0.05) is 65.1 Å². The molecule has 0 aliphatic rings. The number of aromatic nitrogens is 1. The van der Waals surface area contributed by atoms with Crippen molar-refractivity contribution in [1.29, 1.82) is 0 Å². The number of nitrogens with zero attached hydrogens (tertiary/aromatic N) is 1. The Kier molecular flexibility index (Phi) is 6.43. The molecule has 0 saturated heterocycles. The van der Waals surface area contributed by atoms with Crippen molar-refractivity contribution in [3.8, 4) is 0 Å².